The zero-order chi connectivity index (χ0) is 12.0. The molecular weight excluding hydrogens is 216 g/mol. The van der Waals surface area contributed by atoms with Gasteiger partial charge in [-0.25, -0.2) is 0 Å². The second-order valence-electron chi connectivity index (χ2n) is 4.41. The van der Waals surface area contributed by atoms with E-state index in [9.17, 15) is 9.90 Å². The third-order valence-corrected chi connectivity index (χ3v) is 3.26. The van der Waals surface area contributed by atoms with Gasteiger partial charge < -0.3 is 15.0 Å². The highest BCUT2D eigenvalue weighted by atomic mass is 16.3. The molecule has 0 bridgehead atoms. The molecule has 1 aromatic heterocycles. The highest BCUT2D eigenvalue weighted by Gasteiger charge is 2.20. The van der Waals surface area contributed by atoms with Gasteiger partial charge >= 0.3 is 0 Å². The Labute approximate surface area is 98.9 Å². The minimum Gasteiger partial charge on any atom is -0.389 e. The summed E-state index contributed by atoms with van der Waals surface area (Å²) in [6.45, 7) is 3.11. The molecular formula is C13H14N2O2. The molecule has 2 heterocycles. The van der Waals surface area contributed by atoms with E-state index in [1.165, 1.54) is 0 Å². The predicted molar refractivity (Wildman–Crippen MR) is 64.9 cm³/mol. The van der Waals surface area contributed by atoms with Gasteiger partial charge in [0, 0.05) is 30.2 Å². The van der Waals surface area contributed by atoms with Crippen LogP contribution < -0.4 is 5.32 Å². The van der Waals surface area contributed by atoms with Gasteiger partial charge in [-0.3, -0.25) is 4.79 Å². The molecule has 0 saturated heterocycles. The van der Waals surface area contributed by atoms with Crippen LogP contribution in [0.2, 0.25) is 0 Å². The van der Waals surface area contributed by atoms with E-state index >= 15 is 0 Å². The first kappa shape index (κ1) is 10.4. The number of para-hydroxylation sites is 1. The number of aromatic nitrogens is 1. The number of benzene rings is 1. The number of nitrogens with zero attached hydrogens (tertiary/aromatic N) is 1. The van der Waals surface area contributed by atoms with Crippen molar-refractivity contribution in [3.05, 3.63) is 35.5 Å². The van der Waals surface area contributed by atoms with E-state index < -0.39 is 6.10 Å². The minimum atomic E-state index is -0.517. The lowest BCUT2D eigenvalue weighted by molar-refractivity contribution is 0.0956. The molecule has 0 unspecified atom stereocenters. The van der Waals surface area contributed by atoms with Crippen molar-refractivity contribution in [2.75, 3.05) is 6.54 Å². The number of carbonyl (C=O) groups excluding carboxylic acids is 1. The summed E-state index contributed by atoms with van der Waals surface area (Å²) in [7, 11) is 0. The van der Waals surface area contributed by atoms with E-state index in [1.807, 2.05) is 29.0 Å². The lowest BCUT2D eigenvalue weighted by Crippen LogP contribution is -2.24. The molecule has 4 heteroatoms. The third kappa shape index (κ3) is 1.45. The van der Waals surface area contributed by atoms with E-state index in [0.29, 0.717) is 12.1 Å². The van der Waals surface area contributed by atoms with Crippen molar-refractivity contribution in [2.45, 2.75) is 19.6 Å². The van der Waals surface area contributed by atoms with E-state index in [1.54, 1.807) is 6.92 Å². The Balaban J connectivity index is 2.39. The highest BCUT2D eigenvalue weighted by Crippen LogP contribution is 2.29. The van der Waals surface area contributed by atoms with Crippen LogP contribution in [0.15, 0.2) is 24.4 Å². The van der Waals surface area contributed by atoms with Crippen molar-refractivity contribution >= 4 is 16.8 Å². The largest absolute Gasteiger partial charge is 0.389 e. The van der Waals surface area contributed by atoms with Crippen LogP contribution in [-0.2, 0) is 6.54 Å². The van der Waals surface area contributed by atoms with Crippen LogP contribution in [0.5, 0.6) is 0 Å². The average molecular weight is 230 g/mol. The van der Waals surface area contributed by atoms with Crippen LogP contribution in [0.1, 0.15) is 28.9 Å². The molecule has 0 fully saturated rings. The monoisotopic (exact) mass is 230 g/mol. The van der Waals surface area contributed by atoms with Gasteiger partial charge in [0.1, 0.15) is 0 Å². The van der Waals surface area contributed by atoms with Gasteiger partial charge in [-0.15, -0.1) is 0 Å². The molecule has 1 aliphatic heterocycles. The van der Waals surface area contributed by atoms with Crippen LogP contribution in [0, 0.1) is 0 Å². The smallest absolute Gasteiger partial charge is 0.253 e. The van der Waals surface area contributed by atoms with Crippen molar-refractivity contribution in [1.29, 1.82) is 0 Å². The second-order valence-corrected chi connectivity index (χ2v) is 4.41. The molecule has 1 amide bonds. The molecule has 1 aromatic carbocycles. The van der Waals surface area contributed by atoms with Gasteiger partial charge in [-0.05, 0) is 13.0 Å². The van der Waals surface area contributed by atoms with Crippen molar-refractivity contribution in [1.82, 2.24) is 9.88 Å². The number of aliphatic hydroxyl groups is 1. The summed E-state index contributed by atoms with van der Waals surface area (Å²) in [5.41, 5.74) is 2.50. The van der Waals surface area contributed by atoms with Gasteiger partial charge in [0.2, 0.25) is 0 Å². The SMILES string of the molecule is C[C@@H](O)c1cn2c3c(cccc13)C(=O)NCC2. The van der Waals surface area contributed by atoms with Crippen LogP contribution in [0.4, 0.5) is 0 Å². The predicted octanol–water partition coefficient (Wildman–Crippen LogP) is 1.44. The summed E-state index contributed by atoms with van der Waals surface area (Å²) in [5.74, 6) is -0.0374. The van der Waals surface area contributed by atoms with Gasteiger partial charge in [0.25, 0.3) is 5.91 Å². The summed E-state index contributed by atoms with van der Waals surface area (Å²) in [4.78, 5) is 11.9. The molecule has 1 atom stereocenters. The normalized spacial score (nSPS) is 16.7. The van der Waals surface area contributed by atoms with E-state index in [4.69, 9.17) is 0 Å². The number of nitrogens with one attached hydrogen (secondary N) is 1. The van der Waals surface area contributed by atoms with Gasteiger partial charge in [0.05, 0.1) is 17.2 Å². The van der Waals surface area contributed by atoms with Crippen LogP contribution >= 0.6 is 0 Å². The molecule has 4 nitrogen and oxygen atoms in total. The molecule has 3 rings (SSSR count). The number of hydrogen-bond donors (Lipinski definition) is 2. The third-order valence-electron chi connectivity index (χ3n) is 3.26. The van der Waals surface area contributed by atoms with Crippen LogP contribution in [0.25, 0.3) is 10.9 Å². The fourth-order valence-corrected chi connectivity index (χ4v) is 2.47. The molecule has 0 aliphatic carbocycles. The quantitative estimate of drug-likeness (QED) is 0.778. The zero-order valence-corrected chi connectivity index (χ0v) is 9.60. The molecule has 88 valence electrons. The molecule has 0 spiro atoms. The molecule has 0 saturated carbocycles. The standard InChI is InChI=1S/C13H14N2O2/c1-8(16)11-7-15-6-5-14-13(17)10-4-2-3-9(11)12(10)15/h2-4,7-8,16H,5-6H2,1H3,(H,14,17)/t8-/m1/s1. The van der Waals surface area contributed by atoms with Gasteiger partial charge in [-0.2, -0.15) is 0 Å². The average Bonchev–Trinajstić information content (AvgIpc) is 2.60. The number of aliphatic hydroxyl groups excluding tert-OH is 1. The maximum Gasteiger partial charge on any atom is 0.253 e. The Bertz CT molecular complexity index is 599. The maximum atomic E-state index is 11.9. The Morgan fingerprint density at radius 1 is 1.47 bits per heavy atom. The molecule has 1 aliphatic rings. The first-order chi connectivity index (χ1) is 8.18. The number of carbonyl (C=O) groups is 1. The summed E-state index contributed by atoms with van der Waals surface area (Å²) >= 11 is 0. The molecule has 0 radical (unpaired) electrons. The number of amides is 1. The van der Waals surface area contributed by atoms with Gasteiger partial charge in [-0.1, -0.05) is 12.1 Å². The Morgan fingerprint density at radius 3 is 3.06 bits per heavy atom. The maximum absolute atomic E-state index is 11.9. The fraction of sp³-hybridized carbons (Fsp3) is 0.308. The van der Waals surface area contributed by atoms with Crippen molar-refractivity contribution in [2.24, 2.45) is 0 Å². The van der Waals surface area contributed by atoms with Crippen LogP contribution in [-0.4, -0.2) is 22.1 Å². The zero-order valence-electron chi connectivity index (χ0n) is 9.60. The van der Waals surface area contributed by atoms with E-state index in [2.05, 4.69) is 5.32 Å². The number of hydrogen-bond acceptors (Lipinski definition) is 2. The fourth-order valence-electron chi connectivity index (χ4n) is 2.47. The van der Waals surface area contributed by atoms with Gasteiger partial charge in [0.15, 0.2) is 0 Å². The highest BCUT2D eigenvalue weighted by molar-refractivity contribution is 6.07. The Morgan fingerprint density at radius 2 is 2.29 bits per heavy atom. The first-order valence-electron chi connectivity index (χ1n) is 5.76. The summed E-state index contributed by atoms with van der Waals surface area (Å²) in [6.07, 6.45) is 1.43. The van der Waals surface area contributed by atoms with Crippen molar-refractivity contribution in [3.8, 4) is 0 Å². The Hall–Kier alpha value is -1.81. The van der Waals surface area contributed by atoms with E-state index in [-0.39, 0.29) is 5.91 Å². The second kappa shape index (κ2) is 3.60. The first-order valence-corrected chi connectivity index (χ1v) is 5.76. The number of rotatable bonds is 1. The molecule has 17 heavy (non-hydrogen) atoms. The topological polar surface area (TPSA) is 54.3 Å². The lowest BCUT2D eigenvalue weighted by Gasteiger charge is -2.04. The Kier molecular flexibility index (Phi) is 2.19. The van der Waals surface area contributed by atoms with E-state index in [0.717, 1.165) is 23.0 Å². The summed E-state index contributed by atoms with van der Waals surface area (Å²) < 4.78 is 2.05. The lowest BCUT2D eigenvalue weighted by atomic mass is 10.1. The van der Waals surface area contributed by atoms with Crippen LogP contribution in [0.3, 0.4) is 0 Å². The van der Waals surface area contributed by atoms with Crippen molar-refractivity contribution < 1.29 is 9.90 Å². The minimum absolute atomic E-state index is 0.0374. The summed E-state index contributed by atoms with van der Waals surface area (Å²) in [6, 6.07) is 5.64. The summed E-state index contributed by atoms with van der Waals surface area (Å²) in [5, 5.41) is 13.6. The van der Waals surface area contributed by atoms with Crippen molar-refractivity contribution in [3.63, 3.8) is 0 Å². The molecule has 2 aromatic rings. The molecule has 2 N–H and O–H groups in total.